The van der Waals surface area contributed by atoms with E-state index in [1.165, 1.54) is 0 Å². The van der Waals surface area contributed by atoms with E-state index in [0.717, 1.165) is 10.9 Å². The van der Waals surface area contributed by atoms with Gasteiger partial charge in [0.1, 0.15) is 17.5 Å². The first-order valence-electron chi connectivity index (χ1n) is 4.90. The standard InChI is InChI=1S/C9H5N7O4/c10-1-3-2-12-16(4(3)11)9-14-5(7(17)18)13-6(15-9)8(19)20/h2H,11H2,(H,17,18)(H,19,20). The molecular formula is C9H5N7O4. The van der Waals surface area contributed by atoms with Crippen molar-refractivity contribution in [2.75, 3.05) is 5.73 Å². The first-order valence-corrected chi connectivity index (χ1v) is 4.90. The average Bonchev–Trinajstić information content (AvgIpc) is 2.79. The minimum Gasteiger partial charge on any atom is -0.475 e. The van der Waals surface area contributed by atoms with Gasteiger partial charge in [0.2, 0.25) is 11.6 Å². The second-order valence-corrected chi connectivity index (χ2v) is 3.36. The van der Waals surface area contributed by atoms with Crippen LogP contribution in [0.15, 0.2) is 6.20 Å². The van der Waals surface area contributed by atoms with E-state index >= 15 is 0 Å². The fourth-order valence-corrected chi connectivity index (χ4v) is 1.25. The molecule has 0 aliphatic carbocycles. The highest BCUT2D eigenvalue weighted by Gasteiger charge is 2.19. The zero-order valence-electron chi connectivity index (χ0n) is 9.55. The lowest BCUT2D eigenvalue weighted by atomic mass is 10.4. The fraction of sp³-hybridized carbons (Fsp3) is 0. The third-order valence-corrected chi connectivity index (χ3v) is 2.12. The number of hydrogen-bond donors (Lipinski definition) is 3. The Kier molecular flexibility index (Phi) is 2.97. The third-order valence-electron chi connectivity index (χ3n) is 2.12. The number of aromatic nitrogens is 5. The monoisotopic (exact) mass is 275 g/mol. The Balaban J connectivity index is 2.67. The van der Waals surface area contributed by atoms with Gasteiger partial charge < -0.3 is 15.9 Å². The molecule has 2 aromatic heterocycles. The molecule has 0 radical (unpaired) electrons. The Hall–Kier alpha value is -3.55. The molecule has 0 aliphatic rings. The Morgan fingerprint density at radius 3 is 2.15 bits per heavy atom. The van der Waals surface area contributed by atoms with E-state index in [4.69, 9.17) is 21.2 Å². The maximum atomic E-state index is 10.8. The van der Waals surface area contributed by atoms with Gasteiger partial charge >= 0.3 is 11.9 Å². The van der Waals surface area contributed by atoms with Gasteiger partial charge in [-0.25, -0.2) is 9.59 Å². The number of nitrogens with zero attached hydrogens (tertiary/aromatic N) is 6. The fourth-order valence-electron chi connectivity index (χ4n) is 1.25. The van der Waals surface area contributed by atoms with Crippen LogP contribution in [0.1, 0.15) is 26.8 Å². The quantitative estimate of drug-likeness (QED) is 0.622. The maximum Gasteiger partial charge on any atom is 0.374 e. The molecule has 11 heteroatoms. The Bertz CT molecular complexity index is 728. The summed E-state index contributed by atoms with van der Waals surface area (Å²) in [5.41, 5.74) is 5.59. The summed E-state index contributed by atoms with van der Waals surface area (Å²) >= 11 is 0. The number of nitriles is 1. The number of hydrogen-bond acceptors (Lipinski definition) is 8. The molecule has 0 atom stereocenters. The van der Waals surface area contributed by atoms with Gasteiger partial charge in [0.05, 0.1) is 6.20 Å². The van der Waals surface area contributed by atoms with Crippen molar-refractivity contribution < 1.29 is 19.8 Å². The van der Waals surface area contributed by atoms with Crippen molar-refractivity contribution in [3.05, 3.63) is 23.4 Å². The molecule has 0 fully saturated rings. The SMILES string of the molecule is N#Cc1cnn(-c2nc(C(=O)O)nc(C(=O)O)n2)c1N. The van der Waals surface area contributed by atoms with Crippen LogP contribution in [0, 0.1) is 11.3 Å². The second kappa shape index (κ2) is 4.61. The van der Waals surface area contributed by atoms with Crippen molar-refractivity contribution in [2.45, 2.75) is 0 Å². The molecule has 20 heavy (non-hydrogen) atoms. The summed E-state index contributed by atoms with van der Waals surface area (Å²) in [4.78, 5) is 32.0. The van der Waals surface area contributed by atoms with Gasteiger partial charge in [-0.3, -0.25) is 0 Å². The lowest BCUT2D eigenvalue weighted by Crippen LogP contribution is -2.17. The van der Waals surface area contributed by atoms with Crippen LogP contribution in [0.3, 0.4) is 0 Å². The van der Waals surface area contributed by atoms with Gasteiger partial charge in [-0.2, -0.15) is 30.0 Å². The van der Waals surface area contributed by atoms with E-state index in [2.05, 4.69) is 20.1 Å². The molecule has 2 rings (SSSR count). The van der Waals surface area contributed by atoms with Gasteiger partial charge in [0, 0.05) is 0 Å². The molecule has 4 N–H and O–H groups in total. The predicted molar refractivity (Wildman–Crippen MR) is 60.0 cm³/mol. The van der Waals surface area contributed by atoms with Crippen molar-refractivity contribution in [1.82, 2.24) is 24.7 Å². The van der Waals surface area contributed by atoms with Crippen LogP contribution in [-0.2, 0) is 0 Å². The van der Waals surface area contributed by atoms with E-state index in [1.807, 2.05) is 0 Å². The van der Waals surface area contributed by atoms with E-state index in [0.29, 0.717) is 0 Å². The summed E-state index contributed by atoms with van der Waals surface area (Å²) in [6, 6.07) is 1.75. The summed E-state index contributed by atoms with van der Waals surface area (Å²) < 4.78 is 0.846. The van der Waals surface area contributed by atoms with Crippen LogP contribution in [0.2, 0.25) is 0 Å². The van der Waals surface area contributed by atoms with Crippen molar-refractivity contribution in [3.8, 4) is 12.0 Å². The third kappa shape index (κ3) is 2.08. The van der Waals surface area contributed by atoms with Gasteiger partial charge in [-0.15, -0.1) is 0 Å². The number of nitrogen functional groups attached to an aromatic ring is 1. The zero-order chi connectivity index (χ0) is 14.9. The molecule has 0 aromatic carbocycles. The molecule has 0 spiro atoms. The lowest BCUT2D eigenvalue weighted by Gasteiger charge is -2.04. The molecule has 100 valence electrons. The molecule has 0 saturated heterocycles. The van der Waals surface area contributed by atoms with Crippen molar-refractivity contribution in [1.29, 1.82) is 5.26 Å². The minimum atomic E-state index is -1.54. The van der Waals surface area contributed by atoms with Crippen molar-refractivity contribution in [2.24, 2.45) is 0 Å². The predicted octanol–water partition coefficient (Wildman–Crippen LogP) is -1.09. The lowest BCUT2D eigenvalue weighted by molar-refractivity contribution is 0.0674. The van der Waals surface area contributed by atoms with Crippen LogP contribution < -0.4 is 5.73 Å². The number of nitrogens with two attached hydrogens (primary N) is 1. The molecule has 2 aromatic rings. The minimum absolute atomic E-state index is 0.0131. The van der Waals surface area contributed by atoms with Crippen molar-refractivity contribution >= 4 is 17.8 Å². The van der Waals surface area contributed by atoms with Gasteiger partial charge in [0.25, 0.3) is 5.95 Å². The molecule has 11 nitrogen and oxygen atoms in total. The topological polar surface area (TPSA) is 181 Å². The highest BCUT2D eigenvalue weighted by Crippen LogP contribution is 2.13. The van der Waals surface area contributed by atoms with E-state index in [1.54, 1.807) is 6.07 Å². The maximum absolute atomic E-state index is 10.8. The van der Waals surface area contributed by atoms with Crippen LogP contribution in [0.4, 0.5) is 5.82 Å². The Morgan fingerprint density at radius 1 is 1.20 bits per heavy atom. The summed E-state index contributed by atoms with van der Waals surface area (Å²) in [6.45, 7) is 0. The van der Waals surface area contributed by atoms with Gasteiger partial charge in [-0.1, -0.05) is 0 Å². The van der Waals surface area contributed by atoms with Gasteiger partial charge in [0.15, 0.2) is 0 Å². The number of carboxylic acids is 2. The normalized spacial score (nSPS) is 9.95. The summed E-state index contributed by atoms with van der Waals surface area (Å²) in [6.07, 6.45) is 1.11. The molecule has 0 bridgehead atoms. The molecule has 0 saturated carbocycles. The smallest absolute Gasteiger partial charge is 0.374 e. The summed E-state index contributed by atoms with van der Waals surface area (Å²) in [7, 11) is 0. The molecular weight excluding hydrogens is 270 g/mol. The molecule has 0 aliphatic heterocycles. The largest absolute Gasteiger partial charge is 0.475 e. The number of carbonyl (C=O) groups is 2. The van der Waals surface area contributed by atoms with Crippen molar-refractivity contribution in [3.63, 3.8) is 0 Å². The number of aromatic carboxylic acids is 2. The molecule has 0 amide bonds. The molecule has 2 heterocycles. The van der Waals surface area contributed by atoms with E-state index in [-0.39, 0.29) is 11.4 Å². The molecule has 0 unspecified atom stereocenters. The summed E-state index contributed by atoms with van der Waals surface area (Å²) in [5.74, 6) is -5.19. The summed E-state index contributed by atoms with van der Waals surface area (Å²) in [5, 5.41) is 30.1. The Labute approximate surface area is 109 Å². The van der Waals surface area contributed by atoms with Crippen LogP contribution >= 0.6 is 0 Å². The first kappa shape index (κ1) is 12.9. The zero-order valence-corrected chi connectivity index (χ0v) is 9.55. The number of rotatable bonds is 3. The highest BCUT2D eigenvalue weighted by molar-refractivity contribution is 5.87. The second-order valence-electron chi connectivity index (χ2n) is 3.36. The van der Waals surface area contributed by atoms with E-state index in [9.17, 15) is 9.59 Å². The highest BCUT2D eigenvalue weighted by atomic mass is 16.4. The van der Waals surface area contributed by atoms with Crippen LogP contribution in [0.5, 0.6) is 0 Å². The average molecular weight is 275 g/mol. The first-order chi connectivity index (χ1) is 9.43. The van der Waals surface area contributed by atoms with Crippen LogP contribution in [-0.4, -0.2) is 46.9 Å². The van der Waals surface area contributed by atoms with E-state index < -0.39 is 29.5 Å². The van der Waals surface area contributed by atoms with Crippen LogP contribution in [0.25, 0.3) is 5.95 Å². The number of anilines is 1. The Morgan fingerprint density at radius 2 is 1.75 bits per heavy atom. The number of carboxylic acid groups (broad SMARTS) is 2. The van der Waals surface area contributed by atoms with Gasteiger partial charge in [-0.05, 0) is 0 Å².